The normalized spacial score (nSPS) is 10.9. The number of thiophene rings is 1. The molecule has 0 aliphatic carbocycles. The zero-order valence-corrected chi connectivity index (χ0v) is 9.60. The van der Waals surface area contributed by atoms with E-state index in [9.17, 15) is 0 Å². The van der Waals surface area contributed by atoms with Crippen LogP contribution in [0.5, 0.6) is 0 Å². The molecule has 0 aliphatic heterocycles. The van der Waals surface area contributed by atoms with Crippen LogP contribution in [0.3, 0.4) is 0 Å². The number of hydrogen-bond acceptors (Lipinski definition) is 2. The first-order valence-corrected chi connectivity index (χ1v) is 6.35. The van der Waals surface area contributed by atoms with Gasteiger partial charge in [-0.3, -0.25) is 0 Å². The third-order valence-electron chi connectivity index (χ3n) is 1.80. The molecule has 0 nitrogen and oxygen atoms in total. The van der Waals surface area contributed by atoms with Gasteiger partial charge in [-0.25, -0.2) is 0 Å². The Bertz CT molecular complexity index is 420. The molecule has 0 bridgehead atoms. The van der Waals surface area contributed by atoms with E-state index in [1.165, 1.54) is 15.0 Å². The fourth-order valence-corrected chi connectivity index (χ4v) is 3.47. The fraction of sp³-hybridized carbons (Fsp3) is 0.200. The molecule has 0 spiro atoms. The van der Waals surface area contributed by atoms with Crippen LogP contribution in [0.25, 0.3) is 10.1 Å². The first-order valence-electron chi connectivity index (χ1n) is 4.11. The molecule has 0 fully saturated rings. The second-order valence-corrected chi connectivity index (χ2v) is 5.33. The predicted molar refractivity (Wildman–Crippen MR) is 63.2 cm³/mol. The molecule has 0 N–H and O–H groups in total. The van der Waals surface area contributed by atoms with E-state index in [4.69, 9.17) is 11.6 Å². The molecule has 0 aliphatic rings. The van der Waals surface area contributed by atoms with Crippen molar-refractivity contribution in [2.45, 2.75) is 11.8 Å². The average molecular weight is 229 g/mol. The highest BCUT2D eigenvalue weighted by atomic mass is 35.5. The molecule has 2 rings (SSSR count). The summed E-state index contributed by atoms with van der Waals surface area (Å²) < 4.78 is 1.28. The molecular weight excluding hydrogens is 220 g/mol. The fourth-order valence-electron chi connectivity index (χ4n) is 1.24. The molecule has 13 heavy (non-hydrogen) atoms. The summed E-state index contributed by atoms with van der Waals surface area (Å²) in [5.74, 6) is 1.12. The van der Waals surface area contributed by atoms with Crippen LogP contribution in [0.4, 0.5) is 0 Å². The third kappa shape index (κ3) is 1.85. The van der Waals surface area contributed by atoms with Gasteiger partial charge in [-0.15, -0.1) is 23.1 Å². The summed E-state index contributed by atoms with van der Waals surface area (Å²) in [6.45, 7) is 2.17. The zero-order chi connectivity index (χ0) is 9.26. The lowest BCUT2D eigenvalue weighted by molar-refractivity contribution is 1.50. The monoisotopic (exact) mass is 228 g/mol. The minimum Gasteiger partial charge on any atom is -0.143 e. The van der Waals surface area contributed by atoms with Gasteiger partial charge in [0.2, 0.25) is 0 Å². The Labute approximate surface area is 90.9 Å². The summed E-state index contributed by atoms with van der Waals surface area (Å²) in [7, 11) is 0. The molecule has 0 unspecified atom stereocenters. The Morgan fingerprint density at radius 3 is 3.08 bits per heavy atom. The molecule has 1 heterocycles. The van der Waals surface area contributed by atoms with Gasteiger partial charge < -0.3 is 0 Å². The molecule has 3 heteroatoms. The number of fused-ring (bicyclic) bond motifs is 1. The van der Waals surface area contributed by atoms with Crippen LogP contribution in [-0.2, 0) is 0 Å². The van der Waals surface area contributed by atoms with Crippen LogP contribution < -0.4 is 0 Å². The molecule has 0 saturated heterocycles. The second kappa shape index (κ2) is 3.91. The van der Waals surface area contributed by atoms with Crippen molar-refractivity contribution >= 4 is 44.8 Å². The van der Waals surface area contributed by atoms with Crippen LogP contribution in [0.1, 0.15) is 6.92 Å². The zero-order valence-electron chi connectivity index (χ0n) is 7.21. The van der Waals surface area contributed by atoms with E-state index in [-0.39, 0.29) is 0 Å². The summed E-state index contributed by atoms with van der Waals surface area (Å²) in [6, 6.07) is 6.09. The van der Waals surface area contributed by atoms with Crippen molar-refractivity contribution in [2.75, 3.05) is 5.75 Å². The molecule has 0 saturated carbocycles. The van der Waals surface area contributed by atoms with Crippen molar-refractivity contribution < 1.29 is 0 Å². The number of rotatable bonds is 2. The number of thioether (sulfide) groups is 1. The van der Waals surface area contributed by atoms with Gasteiger partial charge in [0.1, 0.15) is 0 Å². The highest BCUT2D eigenvalue weighted by molar-refractivity contribution is 7.99. The minimum atomic E-state index is 0.822. The second-order valence-electron chi connectivity index (χ2n) is 2.67. The van der Waals surface area contributed by atoms with E-state index in [0.29, 0.717) is 0 Å². The Balaban J connectivity index is 2.55. The molecule has 0 radical (unpaired) electrons. The summed E-state index contributed by atoms with van der Waals surface area (Å²) in [6.07, 6.45) is 0. The quantitative estimate of drug-likeness (QED) is 0.674. The predicted octanol–water partition coefficient (Wildman–Crippen LogP) is 4.67. The van der Waals surface area contributed by atoms with Crippen LogP contribution in [-0.4, -0.2) is 5.75 Å². The summed E-state index contributed by atoms with van der Waals surface area (Å²) in [5.41, 5.74) is 0. The van der Waals surface area contributed by atoms with Gasteiger partial charge in [-0.2, -0.15) is 0 Å². The topological polar surface area (TPSA) is 0 Å². The molecule has 1 aromatic heterocycles. The lowest BCUT2D eigenvalue weighted by atomic mass is 10.3. The van der Waals surface area contributed by atoms with Crippen molar-refractivity contribution in [1.82, 2.24) is 0 Å². The van der Waals surface area contributed by atoms with E-state index in [1.54, 1.807) is 11.3 Å². The summed E-state index contributed by atoms with van der Waals surface area (Å²) in [5, 5.41) is 4.36. The third-order valence-corrected chi connectivity index (χ3v) is 4.07. The van der Waals surface area contributed by atoms with Crippen molar-refractivity contribution in [3.8, 4) is 0 Å². The Hall–Kier alpha value is -0.180. The molecule has 1 aromatic carbocycles. The van der Waals surface area contributed by atoms with Crippen LogP contribution in [0, 0.1) is 0 Å². The van der Waals surface area contributed by atoms with Gasteiger partial charge in [0, 0.05) is 25.4 Å². The van der Waals surface area contributed by atoms with Crippen LogP contribution in [0.2, 0.25) is 5.02 Å². The van der Waals surface area contributed by atoms with E-state index in [0.717, 1.165) is 10.8 Å². The summed E-state index contributed by atoms with van der Waals surface area (Å²) >= 11 is 9.55. The maximum Gasteiger partial charge on any atom is 0.0420 e. The minimum absolute atomic E-state index is 0.822. The van der Waals surface area contributed by atoms with E-state index >= 15 is 0 Å². The van der Waals surface area contributed by atoms with Gasteiger partial charge >= 0.3 is 0 Å². The van der Waals surface area contributed by atoms with E-state index in [2.05, 4.69) is 18.4 Å². The maximum absolute atomic E-state index is 5.90. The van der Waals surface area contributed by atoms with Gasteiger partial charge in [0.25, 0.3) is 0 Å². The Morgan fingerprint density at radius 2 is 2.31 bits per heavy atom. The molecule has 0 amide bonds. The molecular formula is C10H9ClS2. The van der Waals surface area contributed by atoms with E-state index < -0.39 is 0 Å². The van der Waals surface area contributed by atoms with Gasteiger partial charge in [0.15, 0.2) is 0 Å². The largest absolute Gasteiger partial charge is 0.143 e. The standard InChI is InChI=1S/C10H9ClS2/c1-2-12-10-6-13-9-5-7(11)3-4-8(9)10/h3-6H,2H2,1H3. The average Bonchev–Trinajstić information content (AvgIpc) is 2.49. The van der Waals surface area contributed by atoms with Crippen molar-refractivity contribution in [2.24, 2.45) is 0 Å². The number of hydrogen-bond donors (Lipinski definition) is 0. The van der Waals surface area contributed by atoms with Crippen molar-refractivity contribution in [3.63, 3.8) is 0 Å². The highest BCUT2D eigenvalue weighted by Crippen LogP contribution is 2.34. The molecule has 0 atom stereocenters. The van der Waals surface area contributed by atoms with Crippen LogP contribution in [0.15, 0.2) is 28.5 Å². The first kappa shape index (κ1) is 9.38. The van der Waals surface area contributed by atoms with Gasteiger partial charge in [-0.05, 0) is 17.9 Å². The van der Waals surface area contributed by atoms with Crippen molar-refractivity contribution in [3.05, 3.63) is 28.6 Å². The lowest BCUT2D eigenvalue weighted by Crippen LogP contribution is -1.69. The Morgan fingerprint density at radius 1 is 1.46 bits per heavy atom. The SMILES string of the molecule is CCSc1csc2cc(Cl)ccc12. The first-order chi connectivity index (χ1) is 6.31. The van der Waals surface area contributed by atoms with Crippen molar-refractivity contribution in [1.29, 1.82) is 0 Å². The van der Waals surface area contributed by atoms with E-state index in [1.807, 2.05) is 23.9 Å². The van der Waals surface area contributed by atoms with Crippen LogP contribution >= 0.6 is 34.7 Å². The smallest absolute Gasteiger partial charge is 0.0420 e. The van der Waals surface area contributed by atoms with Gasteiger partial charge in [-0.1, -0.05) is 24.6 Å². The molecule has 2 aromatic rings. The van der Waals surface area contributed by atoms with Gasteiger partial charge in [0.05, 0.1) is 0 Å². The summed E-state index contributed by atoms with van der Waals surface area (Å²) in [4.78, 5) is 1.37. The highest BCUT2D eigenvalue weighted by Gasteiger charge is 2.03. The molecule has 68 valence electrons. The Kier molecular flexibility index (Phi) is 2.82. The maximum atomic E-state index is 5.90. The lowest BCUT2D eigenvalue weighted by Gasteiger charge is -1.95. The number of benzene rings is 1. The number of halogens is 1.